The molecule has 33 heavy (non-hydrogen) atoms. The molecule has 0 heterocycles. The molecule has 0 saturated carbocycles. The van der Waals surface area contributed by atoms with E-state index in [-0.39, 0.29) is 22.3 Å². The van der Waals surface area contributed by atoms with E-state index in [0.29, 0.717) is 5.39 Å². The molecule has 0 radical (unpaired) electrons. The van der Waals surface area contributed by atoms with Gasteiger partial charge >= 0.3 is 0 Å². The molecular weight excluding hydrogens is 424 g/mol. The van der Waals surface area contributed by atoms with E-state index >= 15 is 4.39 Å². The van der Waals surface area contributed by atoms with Gasteiger partial charge in [0.1, 0.15) is 23.3 Å². The molecule has 4 rings (SSSR count). The van der Waals surface area contributed by atoms with E-state index in [4.69, 9.17) is 0 Å². The topological polar surface area (TPSA) is 0 Å². The number of unbranched alkanes of at least 4 members (excludes halogenated alkanes) is 4. The number of hydrogen-bond donors (Lipinski definition) is 0. The fraction of sp³-hybridized carbons (Fsp3) is 0.241. The summed E-state index contributed by atoms with van der Waals surface area (Å²) in [5.41, 5.74) is 1.38. The van der Waals surface area contributed by atoms with Crippen molar-refractivity contribution in [3.8, 4) is 22.3 Å². The van der Waals surface area contributed by atoms with Crippen LogP contribution in [0.15, 0.2) is 66.7 Å². The van der Waals surface area contributed by atoms with E-state index in [9.17, 15) is 13.2 Å². The Morgan fingerprint density at radius 2 is 1.33 bits per heavy atom. The van der Waals surface area contributed by atoms with Crippen LogP contribution in [0.25, 0.3) is 33.0 Å². The van der Waals surface area contributed by atoms with Crippen LogP contribution in [0, 0.1) is 23.3 Å². The summed E-state index contributed by atoms with van der Waals surface area (Å²) in [5, 5.41) is 1.19. The molecule has 0 nitrogen and oxygen atoms in total. The molecule has 0 spiro atoms. The van der Waals surface area contributed by atoms with Crippen molar-refractivity contribution in [3.63, 3.8) is 0 Å². The first-order valence-corrected chi connectivity index (χ1v) is 11.4. The zero-order chi connectivity index (χ0) is 23.4. The third-order valence-corrected chi connectivity index (χ3v) is 6.07. The second-order valence-electron chi connectivity index (χ2n) is 8.47. The van der Waals surface area contributed by atoms with E-state index in [0.717, 1.165) is 48.1 Å². The van der Waals surface area contributed by atoms with Crippen molar-refractivity contribution in [2.45, 2.75) is 45.4 Å². The molecule has 4 heteroatoms. The van der Waals surface area contributed by atoms with Crippen LogP contribution in [0.3, 0.4) is 0 Å². The monoisotopic (exact) mass is 450 g/mol. The minimum absolute atomic E-state index is 0.121. The Morgan fingerprint density at radius 1 is 0.636 bits per heavy atom. The normalized spacial score (nSPS) is 11.3. The lowest BCUT2D eigenvalue weighted by atomic mass is 9.95. The average Bonchev–Trinajstić information content (AvgIpc) is 2.80. The maximum atomic E-state index is 15.3. The average molecular weight is 451 g/mol. The van der Waals surface area contributed by atoms with Crippen LogP contribution >= 0.6 is 0 Å². The lowest BCUT2D eigenvalue weighted by molar-refractivity contribution is 0.589. The van der Waals surface area contributed by atoms with Gasteiger partial charge in [-0.25, -0.2) is 17.6 Å². The van der Waals surface area contributed by atoms with Gasteiger partial charge in [-0.3, -0.25) is 0 Å². The van der Waals surface area contributed by atoms with Gasteiger partial charge in [0.05, 0.1) is 5.56 Å². The summed E-state index contributed by atoms with van der Waals surface area (Å²) < 4.78 is 58.1. The summed E-state index contributed by atoms with van der Waals surface area (Å²) >= 11 is 0. The van der Waals surface area contributed by atoms with Gasteiger partial charge in [0.15, 0.2) is 0 Å². The Labute approximate surface area is 191 Å². The Balaban J connectivity index is 1.62. The Hall–Kier alpha value is -3.14. The summed E-state index contributed by atoms with van der Waals surface area (Å²) in [6, 6.07) is 16.2. The van der Waals surface area contributed by atoms with Crippen molar-refractivity contribution in [3.05, 3.63) is 95.6 Å². The SMILES string of the molecule is CCCCCCCc1ccc2c(F)c(-c3cc(F)c(-c4ccc(F)cc4)c(F)c3)ccc2c1. The van der Waals surface area contributed by atoms with E-state index in [1.54, 1.807) is 18.2 Å². The van der Waals surface area contributed by atoms with Crippen molar-refractivity contribution in [2.75, 3.05) is 0 Å². The fourth-order valence-corrected chi connectivity index (χ4v) is 4.27. The van der Waals surface area contributed by atoms with Crippen LogP contribution in [0.5, 0.6) is 0 Å². The molecule has 0 bridgehead atoms. The van der Waals surface area contributed by atoms with Crippen LogP contribution in [0.1, 0.15) is 44.6 Å². The molecule has 0 unspecified atom stereocenters. The maximum Gasteiger partial charge on any atom is 0.138 e. The van der Waals surface area contributed by atoms with Crippen LogP contribution in [-0.4, -0.2) is 0 Å². The predicted octanol–water partition coefficient (Wildman–Crippen LogP) is 9.24. The predicted molar refractivity (Wildman–Crippen MR) is 127 cm³/mol. The zero-order valence-electron chi connectivity index (χ0n) is 18.6. The first-order chi connectivity index (χ1) is 16.0. The minimum atomic E-state index is -0.825. The second kappa shape index (κ2) is 10.2. The Morgan fingerprint density at radius 3 is 2.03 bits per heavy atom. The van der Waals surface area contributed by atoms with Crippen molar-refractivity contribution in [1.29, 1.82) is 0 Å². The standard InChI is InChI=1S/C29H26F4/c1-2-3-4-5-6-7-19-8-14-24-21(16-19)11-15-25(29(24)33)22-17-26(31)28(27(32)18-22)20-9-12-23(30)13-10-20/h8-18H,2-7H2,1H3. The maximum absolute atomic E-state index is 15.3. The summed E-state index contributed by atoms with van der Waals surface area (Å²) in [6.45, 7) is 2.19. The highest BCUT2D eigenvalue weighted by Gasteiger charge is 2.17. The van der Waals surface area contributed by atoms with Crippen LogP contribution in [0.4, 0.5) is 17.6 Å². The summed E-state index contributed by atoms with van der Waals surface area (Å²) in [5.74, 6) is -2.64. The molecule has 0 fully saturated rings. The second-order valence-corrected chi connectivity index (χ2v) is 8.47. The van der Waals surface area contributed by atoms with Gasteiger partial charge < -0.3 is 0 Å². The van der Waals surface area contributed by atoms with Crippen LogP contribution in [-0.2, 0) is 6.42 Å². The summed E-state index contributed by atoms with van der Waals surface area (Å²) in [7, 11) is 0. The largest absolute Gasteiger partial charge is 0.207 e. The lowest BCUT2D eigenvalue weighted by Gasteiger charge is -2.12. The number of aryl methyl sites for hydroxylation is 1. The Bertz CT molecular complexity index is 1240. The molecule has 170 valence electrons. The molecule has 0 aliphatic carbocycles. The van der Waals surface area contributed by atoms with E-state index in [1.807, 2.05) is 12.1 Å². The molecule has 0 saturated heterocycles. The zero-order valence-corrected chi connectivity index (χ0v) is 18.6. The quantitative estimate of drug-likeness (QED) is 0.185. The minimum Gasteiger partial charge on any atom is -0.207 e. The van der Waals surface area contributed by atoms with E-state index < -0.39 is 23.3 Å². The highest BCUT2D eigenvalue weighted by Crippen LogP contribution is 2.34. The lowest BCUT2D eigenvalue weighted by Crippen LogP contribution is -1.95. The van der Waals surface area contributed by atoms with Crippen molar-refractivity contribution in [1.82, 2.24) is 0 Å². The van der Waals surface area contributed by atoms with Gasteiger partial charge in [-0.1, -0.05) is 75.1 Å². The first-order valence-electron chi connectivity index (χ1n) is 11.4. The van der Waals surface area contributed by atoms with Crippen molar-refractivity contribution >= 4 is 10.8 Å². The molecule has 0 aromatic heterocycles. The molecule has 0 aliphatic heterocycles. The molecule has 0 N–H and O–H groups in total. The molecular formula is C29H26F4. The molecule has 0 amide bonds. The van der Waals surface area contributed by atoms with Crippen molar-refractivity contribution < 1.29 is 17.6 Å². The number of halogens is 4. The summed E-state index contributed by atoms with van der Waals surface area (Å²) in [6.07, 6.45) is 6.92. The van der Waals surface area contributed by atoms with E-state index in [1.165, 1.54) is 37.8 Å². The van der Waals surface area contributed by atoms with Crippen LogP contribution in [0.2, 0.25) is 0 Å². The number of fused-ring (bicyclic) bond motifs is 1. The van der Waals surface area contributed by atoms with Gasteiger partial charge in [0.2, 0.25) is 0 Å². The molecule has 4 aromatic carbocycles. The smallest absolute Gasteiger partial charge is 0.138 e. The number of rotatable bonds is 8. The highest BCUT2D eigenvalue weighted by atomic mass is 19.1. The molecule has 0 aliphatic rings. The third kappa shape index (κ3) is 5.11. The van der Waals surface area contributed by atoms with Gasteiger partial charge in [0, 0.05) is 10.9 Å². The molecule has 4 aromatic rings. The van der Waals surface area contributed by atoms with Gasteiger partial charge in [-0.15, -0.1) is 0 Å². The summed E-state index contributed by atoms with van der Waals surface area (Å²) in [4.78, 5) is 0. The van der Waals surface area contributed by atoms with Gasteiger partial charge in [-0.05, 0) is 59.2 Å². The van der Waals surface area contributed by atoms with Crippen molar-refractivity contribution in [2.24, 2.45) is 0 Å². The van der Waals surface area contributed by atoms with Gasteiger partial charge in [-0.2, -0.15) is 0 Å². The fourth-order valence-electron chi connectivity index (χ4n) is 4.27. The van der Waals surface area contributed by atoms with E-state index in [2.05, 4.69) is 6.92 Å². The Kier molecular flexibility index (Phi) is 7.12. The van der Waals surface area contributed by atoms with Crippen LogP contribution < -0.4 is 0 Å². The third-order valence-electron chi connectivity index (χ3n) is 6.07. The first kappa shape index (κ1) is 23.0. The number of benzene rings is 4. The van der Waals surface area contributed by atoms with Gasteiger partial charge in [0.25, 0.3) is 0 Å². The highest BCUT2D eigenvalue weighted by molar-refractivity contribution is 5.89. The molecule has 0 atom stereocenters. The number of hydrogen-bond acceptors (Lipinski definition) is 0.